The lowest BCUT2D eigenvalue weighted by Crippen LogP contribution is -2.33. The lowest BCUT2D eigenvalue weighted by molar-refractivity contribution is 0.138. The number of hydrogen-bond acceptors (Lipinski definition) is 2. The lowest BCUT2D eigenvalue weighted by Gasteiger charge is -2.30. The molecule has 2 aliphatic carbocycles. The van der Waals surface area contributed by atoms with Gasteiger partial charge in [0.15, 0.2) is 0 Å². The molecule has 0 radical (unpaired) electrons. The zero-order chi connectivity index (χ0) is 12.8. The van der Waals surface area contributed by atoms with Crippen LogP contribution in [0.3, 0.4) is 0 Å². The van der Waals surface area contributed by atoms with Crippen LogP contribution in [0.5, 0.6) is 0 Å². The fourth-order valence-electron chi connectivity index (χ4n) is 2.54. The molecule has 2 heteroatoms. The summed E-state index contributed by atoms with van der Waals surface area (Å²) in [4.78, 5) is 2.53. The molecule has 0 unspecified atom stereocenters. The van der Waals surface area contributed by atoms with E-state index < -0.39 is 0 Å². The summed E-state index contributed by atoms with van der Waals surface area (Å²) in [5.74, 6) is 0.924. The number of benzene rings is 1. The summed E-state index contributed by atoms with van der Waals surface area (Å²) >= 11 is 0. The van der Waals surface area contributed by atoms with E-state index in [0.29, 0.717) is 0 Å². The average Bonchev–Trinajstić information content (AvgIpc) is 2.41. The minimum Gasteiger partial charge on any atom is -0.385 e. The topological polar surface area (TPSA) is 12.5 Å². The minimum atomic E-state index is 0.924. The molecule has 1 fully saturated rings. The van der Waals surface area contributed by atoms with Gasteiger partial charge in [-0.1, -0.05) is 31.2 Å². The van der Waals surface area contributed by atoms with Crippen molar-refractivity contribution in [2.75, 3.05) is 33.4 Å². The van der Waals surface area contributed by atoms with Crippen LogP contribution in [-0.4, -0.2) is 38.3 Å². The molecule has 3 aliphatic rings. The predicted octanol–water partition coefficient (Wildman–Crippen LogP) is 3.42. The molecule has 0 saturated carbocycles. The van der Waals surface area contributed by atoms with Crippen molar-refractivity contribution in [2.45, 2.75) is 26.2 Å². The van der Waals surface area contributed by atoms with E-state index >= 15 is 0 Å². The van der Waals surface area contributed by atoms with E-state index in [1.165, 1.54) is 50.0 Å². The van der Waals surface area contributed by atoms with E-state index in [0.717, 1.165) is 12.5 Å². The summed E-state index contributed by atoms with van der Waals surface area (Å²) in [5.41, 5.74) is 2.85. The van der Waals surface area contributed by atoms with Gasteiger partial charge in [0, 0.05) is 13.7 Å². The molecule has 0 aromatic rings. The normalized spacial score (nSPS) is 18.1. The van der Waals surface area contributed by atoms with Crippen molar-refractivity contribution in [3.63, 3.8) is 0 Å². The summed E-state index contributed by atoms with van der Waals surface area (Å²) in [6.07, 6.45) is 4.00. The molecule has 0 spiro atoms. The van der Waals surface area contributed by atoms with Gasteiger partial charge in [-0.2, -0.15) is 0 Å². The Morgan fingerprint density at radius 3 is 2.00 bits per heavy atom. The molecule has 1 heterocycles. The first kappa shape index (κ1) is 13.6. The first-order valence-electron chi connectivity index (χ1n) is 7.15. The Morgan fingerprint density at radius 1 is 1.11 bits per heavy atom. The van der Waals surface area contributed by atoms with Gasteiger partial charge in [-0.05, 0) is 55.9 Å². The molecule has 2 nitrogen and oxygen atoms in total. The molecule has 0 amide bonds. The average molecular weight is 247 g/mol. The van der Waals surface area contributed by atoms with Crippen LogP contribution >= 0.6 is 0 Å². The van der Waals surface area contributed by atoms with E-state index in [1.807, 2.05) is 0 Å². The molecular weight excluding hydrogens is 222 g/mol. The van der Waals surface area contributed by atoms with Crippen LogP contribution in [0.15, 0.2) is 24.3 Å². The Labute approximate surface area is 111 Å². The van der Waals surface area contributed by atoms with Gasteiger partial charge >= 0.3 is 0 Å². The van der Waals surface area contributed by atoms with Crippen LogP contribution in [0.4, 0.5) is 0 Å². The highest BCUT2D eigenvalue weighted by atomic mass is 16.5. The number of nitrogens with zero attached hydrogens (tertiary/aromatic N) is 1. The third kappa shape index (κ3) is 3.56. The fourth-order valence-corrected chi connectivity index (χ4v) is 2.54. The van der Waals surface area contributed by atoms with Gasteiger partial charge in [0.25, 0.3) is 0 Å². The number of ether oxygens (including phenoxy) is 1. The molecule has 0 N–H and O–H groups in total. The number of likely N-dealkylation sites (tertiary alicyclic amines) is 1. The number of methoxy groups -OCH3 is 1. The first-order chi connectivity index (χ1) is 8.83. The fraction of sp³-hybridized carbons (Fsp3) is 0.625. The molecular formula is C16H25NO. The standard InChI is InChI=1S/C10H21NO.C6H4/c1-3-11-7-4-10(5-8-11)6-9-12-2;1-2-6-4-3-5(1)6/h10H,3-9H2,1-2H3;1-4H. The van der Waals surface area contributed by atoms with Gasteiger partial charge in [0.1, 0.15) is 0 Å². The van der Waals surface area contributed by atoms with Crippen molar-refractivity contribution in [1.29, 1.82) is 0 Å². The van der Waals surface area contributed by atoms with E-state index in [9.17, 15) is 0 Å². The third-order valence-corrected chi connectivity index (χ3v) is 4.10. The van der Waals surface area contributed by atoms with Crippen molar-refractivity contribution < 1.29 is 4.74 Å². The van der Waals surface area contributed by atoms with Gasteiger partial charge in [-0.3, -0.25) is 0 Å². The number of rotatable bonds is 4. The van der Waals surface area contributed by atoms with Gasteiger partial charge in [-0.15, -0.1) is 0 Å². The minimum absolute atomic E-state index is 0.924. The van der Waals surface area contributed by atoms with Gasteiger partial charge in [0.05, 0.1) is 0 Å². The van der Waals surface area contributed by atoms with Crippen LogP contribution in [0.1, 0.15) is 26.2 Å². The zero-order valence-corrected chi connectivity index (χ0v) is 11.7. The molecule has 3 rings (SSSR count). The molecule has 18 heavy (non-hydrogen) atoms. The molecule has 1 saturated heterocycles. The Morgan fingerprint density at radius 2 is 1.67 bits per heavy atom. The first-order valence-corrected chi connectivity index (χ1v) is 7.15. The Hall–Kier alpha value is -0.860. The summed E-state index contributed by atoms with van der Waals surface area (Å²) in [7, 11) is 1.79. The monoisotopic (exact) mass is 247 g/mol. The van der Waals surface area contributed by atoms with Crippen LogP contribution in [0, 0.1) is 5.92 Å². The smallest absolute Gasteiger partial charge is 0.0464 e. The maximum absolute atomic E-state index is 5.08. The van der Waals surface area contributed by atoms with Crippen LogP contribution in [-0.2, 0) is 4.74 Å². The molecule has 0 atom stereocenters. The highest BCUT2D eigenvalue weighted by Gasteiger charge is 2.17. The SMILES string of the molecule is CCN1CCC(CCOC)CC1.c1cc2ccc1-2. The van der Waals surface area contributed by atoms with Gasteiger partial charge in [-0.25, -0.2) is 0 Å². The van der Waals surface area contributed by atoms with E-state index in [2.05, 4.69) is 36.1 Å². The second kappa shape index (κ2) is 6.91. The largest absolute Gasteiger partial charge is 0.385 e. The zero-order valence-electron chi connectivity index (χ0n) is 11.7. The van der Waals surface area contributed by atoms with Gasteiger partial charge < -0.3 is 9.64 Å². The second-order valence-electron chi connectivity index (χ2n) is 5.24. The van der Waals surface area contributed by atoms with Crippen LogP contribution in [0.2, 0.25) is 0 Å². The lowest BCUT2D eigenvalue weighted by atomic mass is 9.94. The number of piperidine rings is 1. The third-order valence-electron chi connectivity index (χ3n) is 4.10. The van der Waals surface area contributed by atoms with E-state index in [-0.39, 0.29) is 0 Å². The number of hydrogen-bond donors (Lipinski definition) is 0. The Bertz CT molecular complexity index is 318. The van der Waals surface area contributed by atoms with Crippen molar-refractivity contribution in [3.8, 4) is 11.1 Å². The van der Waals surface area contributed by atoms with Crippen LogP contribution in [0.25, 0.3) is 11.1 Å². The molecule has 0 aromatic carbocycles. The Balaban J connectivity index is 0.000000164. The highest BCUT2D eigenvalue weighted by molar-refractivity contribution is 5.75. The quantitative estimate of drug-likeness (QED) is 0.821. The van der Waals surface area contributed by atoms with Crippen molar-refractivity contribution in [2.24, 2.45) is 5.92 Å². The molecule has 100 valence electrons. The van der Waals surface area contributed by atoms with E-state index in [1.54, 1.807) is 7.11 Å². The summed E-state index contributed by atoms with van der Waals surface area (Å²) in [5, 5.41) is 0. The maximum atomic E-state index is 5.08. The summed E-state index contributed by atoms with van der Waals surface area (Å²) < 4.78 is 5.08. The second-order valence-corrected chi connectivity index (χ2v) is 5.24. The summed E-state index contributed by atoms with van der Waals surface area (Å²) in [6, 6.07) is 8.48. The summed E-state index contributed by atoms with van der Waals surface area (Å²) in [6.45, 7) is 7.00. The van der Waals surface area contributed by atoms with Crippen molar-refractivity contribution >= 4 is 0 Å². The van der Waals surface area contributed by atoms with E-state index in [4.69, 9.17) is 4.74 Å². The predicted molar refractivity (Wildman–Crippen MR) is 76.8 cm³/mol. The maximum Gasteiger partial charge on any atom is 0.0464 e. The number of fused-ring (bicyclic) bond motifs is 1. The molecule has 1 aliphatic heterocycles. The Kier molecular flexibility index (Phi) is 5.21. The van der Waals surface area contributed by atoms with Crippen molar-refractivity contribution in [1.82, 2.24) is 4.90 Å². The van der Waals surface area contributed by atoms with Crippen molar-refractivity contribution in [3.05, 3.63) is 24.3 Å². The molecule has 0 bridgehead atoms. The van der Waals surface area contributed by atoms with Gasteiger partial charge in [0.2, 0.25) is 0 Å². The molecule has 0 aromatic heterocycles. The highest BCUT2D eigenvalue weighted by Crippen LogP contribution is 2.29. The van der Waals surface area contributed by atoms with Crippen LogP contribution < -0.4 is 0 Å².